The average molecular weight is 377 g/mol. The molecule has 8 heteroatoms. The number of carbonyl (C=O) groups is 1. The van der Waals surface area contributed by atoms with Gasteiger partial charge in [-0.3, -0.25) is 4.79 Å². The maximum Gasteiger partial charge on any atom is 0.268 e. The molecule has 2 N–H and O–H groups in total. The van der Waals surface area contributed by atoms with E-state index in [1.807, 2.05) is 0 Å². The summed E-state index contributed by atoms with van der Waals surface area (Å²) in [6.07, 6.45) is 4.77. The molecule has 26 heavy (non-hydrogen) atoms. The lowest BCUT2D eigenvalue weighted by molar-refractivity contribution is 0.0942. The van der Waals surface area contributed by atoms with Gasteiger partial charge < -0.3 is 9.88 Å². The van der Waals surface area contributed by atoms with Crippen LogP contribution in [0.3, 0.4) is 0 Å². The summed E-state index contributed by atoms with van der Waals surface area (Å²) in [6.45, 7) is 3.59. The van der Waals surface area contributed by atoms with Crippen molar-refractivity contribution in [3.05, 3.63) is 58.7 Å². The van der Waals surface area contributed by atoms with Crippen LogP contribution in [0.1, 0.15) is 34.1 Å². The molecular formula is C18H20FN3O3S. The summed E-state index contributed by atoms with van der Waals surface area (Å²) in [4.78, 5) is 12.7. The van der Waals surface area contributed by atoms with Crippen LogP contribution in [0.5, 0.6) is 0 Å². The quantitative estimate of drug-likeness (QED) is 0.860. The Labute approximate surface area is 151 Å². The summed E-state index contributed by atoms with van der Waals surface area (Å²) in [5, 5.41) is 2.77. The number of carbonyl (C=O) groups excluding carboxylic acids is 1. The molecule has 0 saturated heterocycles. The highest BCUT2D eigenvalue weighted by atomic mass is 32.2. The zero-order chi connectivity index (χ0) is 19.1. The number of rotatable bonds is 3. The van der Waals surface area contributed by atoms with Crippen LogP contribution in [0, 0.1) is 12.7 Å². The number of hydrogen-bond acceptors (Lipinski definition) is 3. The second-order valence-corrected chi connectivity index (χ2v) is 8.08. The van der Waals surface area contributed by atoms with E-state index in [2.05, 4.69) is 10.0 Å². The molecule has 0 saturated carbocycles. The normalized spacial score (nSPS) is 18.2. The number of sulfonamides is 1. The first-order valence-corrected chi connectivity index (χ1v) is 9.60. The molecule has 2 heterocycles. The zero-order valence-corrected chi connectivity index (χ0v) is 15.5. The molecule has 2 aromatic rings. The van der Waals surface area contributed by atoms with Gasteiger partial charge in [0.25, 0.3) is 5.91 Å². The monoisotopic (exact) mass is 377 g/mol. The van der Waals surface area contributed by atoms with Crippen LogP contribution < -0.4 is 10.0 Å². The Morgan fingerprint density at radius 3 is 2.81 bits per heavy atom. The van der Waals surface area contributed by atoms with Gasteiger partial charge in [0.15, 0.2) is 0 Å². The van der Waals surface area contributed by atoms with Crippen molar-refractivity contribution in [3.63, 3.8) is 0 Å². The van der Waals surface area contributed by atoms with Gasteiger partial charge in [-0.2, -0.15) is 0 Å². The molecule has 0 aliphatic carbocycles. The highest BCUT2D eigenvalue weighted by Crippen LogP contribution is 2.26. The van der Waals surface area contributed by atoms with E-state index < -0.39 is 15.9 Å². The van der Waals surface area contributed by atoms with Gasteiger partial charge in [0, 0.05) is 31.4 Å². The van der Waals surface area contributed by atoms with Crippen LogP contribution >= 0.6 is 0 Å². The van der Waals surface area contributed by atoms with E-state index in [9.17, 15) is 17.6 Å². The number of amides is 1. The molecule has 0 unspecified atom stereocenters. The number of benzene rings is 1. The lowest BCUT2D eigenvalue weighted by Gasteiger charge is -2.09. The minimum atomic E-state index is -3.70. The van der Waals surface area contributed by atoms with Crippen LogP contribution in [-0.2, 0) is 23.6 Å². The second kappa shape index (κ2) is 6.69. The fourth-order valence-corrected chi connectivity index (χ4v) is 4.39. The summed E-state index contributed by atoms with van der Waals surface area (Å²) in [7, 11) is -2.07. The van der Waals surface area contributed by atoms with Crippen LogP contribution in [0.15, 0.2) is 35.4 Å². The van der Waals surface area contributed by atoms with E-state index in [0.717, 1.165) is 5.56 Å². The van der Waals surface area contributed by atoms with Crippen molar-refractivity contribution in [1.82, 2.24) is 14.6 Å². The molecule has 3 rings (SSSR count). The van der Waals surface area contributed by atoms with Crippen LogP contribution in [0.25, 0.3) is 6.08 Å². The zero-order valence-electron chi connectivity index (χ0n) is 14.7. The summed E-state index contributed by atoms with van der Waals surface area (Å²) in [5.74, 6) is -0.699. The van der Waals surface area contributed by atoms with Crippen molar-refractivity contribution >= 4 is 22.0 Å². The predicted octanol–water partition coefficient (Wildman–Crippen LogP) is 2.10. The van der Waals surface area contributed by atoms with Crippen molar-refractivity contribution in [1.29, 1.82) is 0 Å². The number of nitrogens with one attached hydrogen (secondary N) is 2. The minimum Gasteiger partial charge on any atom is -0.347 e. The van der Waals surface area contributed by atoms with Gasteiger partial charge in [-0.25, -0.2) is 17.5 Å². The number of aryl methyl sites for hydroxylation is 2. The smallest absolute Gasteiger partial charge is 0.268 e. The first-order valence-electron chi connectivity index (χ1n) is 8.12. The minimum absolute atomic E-state index is 0.0726. The third kappa shape index (κ3) is 3.42. The van der Waals surface area contributed by atoms with E-state index in [1.54, 1.807) is 45.2 Å². The van der Waals surface area contributed by atoms with E-state index in [-0.39, 0.29) is 29.0 Å². The van der Waals surface area contributed by atoms with Crippen LogP contribution in [-0.4, -0.2) is 24.9 Å². The van der Waals surface area contributed by atoms with Crippen molar-refractivity contribution in [2.75, 3.05) is 0 Å². The first kappa shape index (κ1) is 18.3. The molecule has 1 aliphatic rings. The maximum absolute atomic E-state index is 13.3. The van der Waals surface area contributed by atoms with Crippen LogP contribution in [0.2, 0.25) is 0 Å². The fraction of sp³-hybridized carbons (Fsp3) is 0.278. The molecular weight excluding hydrogens is 357 g/mol. The van der Waals surface area contributed by atoms with Gasteiger partial charge in [-0.1, -0.05) is 24.3 Å². The highest BCUT2D eigenvalue weighted by molar-refractivity contribution is 7.89. The van der Waals surface area contributed by atoms with E-state index >= 15 is 0 Å². The topological polar surface area (TPSA) is 80.2 Å². The second-order valence-electron chi connectivity index (χ2n) is 6.40. The third-order valence-electron chi connectivity index (χ3n) is 4.26. The summed E-state index contributed by atoms with van der Waals surface area (Å²) >= 11 is 0. The molecule has 0 fully saturated rings. The molecule has 1 atom stereocenters. The third-order valence-corrected chi connectivity index (χ3v) is 5.84. The van der Waals surface area contributed by atoms with Gasteiger partial charge in [0.05, 0.1) is 0 Å². The predicted molar refractivity (Wildman–Crippen MR) is 96.5 cm³/mol. The van der Waals surface area contributed by atoms with E-state index in [1.165, 1.54) is 16.8 Å². The molecule has 0 bridgehead atoms. The molecule has 6 nitrogen and oxygen atoms in total. The Morgan fingerprint density at radius 1 is 1.38 bits per heavy atom. The number of hydrogen-bond donors (Lipinski definition) is 2. The SMILES string of the molecule is Cc1cc(CNC(=O)c2c3c(cn2C)S(=O)(=O)N[C@@H](C)C=C3)ccc1F. The number of nitrogens with zero attached hydrogens (tertiary/aromatic N) is 1. The summed E-state index contributed by atoms with van der Waals surface area (Å²) < 4.78 is 42.2. The highest BCUT2D eigenvalue weighted by Gasteiger charge is 2.29. The number of halogens is 1. The van der Waals surface area contributed by atoms with Gasteiger partial charge in [-0.15, -0.1) is 0 Å². The molecule has 1 aromatic carbocycles. The average Bonchev–Trinajstić information content (AvgIpc) is 2.85. The number of aromatic nitrogens is 1. The Hall–Kier alpha value is -2.45. The fourth-order valence-electron chi connectivity index (χ4n) is 2.95. The Morgan fingerprint density at radius 2 is 2.12 bits per heavy atom. The Bertz CT molecular complexity index is 1010. The van der Waals surface area contributed by atoms with Crippen molar-refractivity contribution in [2.45, 2.75) is 31.3 Å². The van der Waals surface area contributed by atoms with Crippen molar-refractivity contribution in [2.24, 2.45) is 7.05 Å². The van der Waals surface area contributed by atoms with E-state index in [0.29, 0.717) is 11.1 Å². The number of fused-ring (bicyclic) bond motifs is 1. The first-order chi connectivity index (χ1) is 12.2. The summed E-state index contributed by atoms with van der Waals surface area (Å²) in [6, 6.07) is 4.25. The summed E-state index contributed by atoms with van der Waals surface area (Å²) in [5.41, 5.74) is 1.88. The lowest BCUT2D eigenvalue weighted by Crippen LogP contribution is -2.30. The van der Waals surface area contributed by atoms with Gasteiger partial charge in [0.2, 0.25) is 10.0 Å². The molecule has 138 valence electrons. The largest absolute Gasteiger partial charge is 0.347 e. The van der Waals surface area contributed by atoms with Crippen molar-refractivity contribution < 1.29 is 17.6 Å². The Kier molecular flexibility index (Phi) is 4.72. The van der Waals surface area contributed by atoms with Gasteiger partial charge >= 0.3 is 0 Å². The molecule has 1 aromatic heterocycles. The standard InChI is InChI=1S/C18H20FN3O3S/c1-11-8-13(5-7-15(11)19)9-20-18(23)17-14-6-4-12(2)21-26(24,25)16(14)10-22(17)3/h4-8,10,12,21H,9H2,1-3H3,(H,20,23)/t12-/m0/s1. The molecule has 1 amide bonds. The molecule has 0 radical (unpaired) electrons. The van der Waals surface area contributed by atoms with Gasteiger partial charge in [0.1, 0.15) is 16.4 Å². The molecule has 0 spiro atoms. The maximum atomic E-state index is 13.3. The van der Waals surface area contributed by atoms with Crippen molar-refractivity contribution in [3.8, 4) is 0 Å². The van der Waals surface area contributed by atoms with Crippen LogP contribution in [0.4, 0.5) is 4.39 Å². The van der Waals surface area contributed by atoms with E-state index in [4.69, 9.17) is 0 Å². The Balaban J connectivity index is 1.90. The van der Waals surface area contributed by atoms with Gasteiger partial charge in [-0.05, 0) is 31.0 Å². The molecule has 1 aliphatic heterocycles. The lowest BCUT2D eigenvalue weighted by atomic mass is 10.1.